The van der Waals surface area contributed by atoms with Gasteiger partial charge >= 0.3 is 11.9 Å². The molecule has 21 heavy (non-hydrogen) atoms. The van der Waals surface area contributed by atoms with E-state index in [0.717, 1.165) is 12.8 Å². The first-order valence-electron chi connectivity index (χ1n) is 7.47. The molecule has 3 saturated heterocycles. The van der Waals surface area contributed by atoms with Crippen LogP contribution in [0.3, 0.4) is 0 Å². The Balaban J connectivity index is 2.01. The number of carbonyl (C=O) groups is 2. The van der Waals surface area contributed by atoms with Gasteiger partial charge in [-0.15, -0.1) is 0 Å². The molecule has 0 aromatic heterocycles. The van der Waals surface area contributed by atoms with Gasteiger partial charge in [0.1, 0.15) is 0 Å². The van der Waals surface area contributed by atoms with E-state index in [4.69, 9.17) is 18.9 Å². The average Bonchev–Trinajstić information content (AvgIpc) is 2.32. The third kappa shape index (κ3) is 2.16. The number of hydrogen-bond donors (Lipinski definition) is 0. The molecule has 0 aromatic rings. The van der Waals surface area contributed by atoms with E-state index in [9.17, 15) is 9.59 Å². The molecule has 0 radical (unpaired) electrons. The van der Waals surface area contributed by atoms with E-state index in [-0.39, 0.29) is 17.3 Å². The number of carbonyl (C=O) groups excluding carboxylic acids is 2. The fraction of sp³-hybridized carbons (Fsp3) is 0.867. The van der Waals surface area contributed by atoms with Gasteiger partial charge in [-0.3, -0.25) is 9.59 Å². The first-order chi connectivity index (χ1) is 9.77. The summed E-state index contributed by atoms with van der Waals surface area (Å²) in [5.41, 5.74) is -0.144. The van der Waals surface area contributed by atoms with Gasteiger partial charge in [0.05, 0.1) is 5.92 Å². The van der Waals surface area contributed by atoms with E-state index in [1.807, 2.05) is 0 Å². The molecule has 6 atom stereocenters. The maximum Gasteiger partial charge on any atom is 0.305 e. The summed E-state index contributed by atoms with van der Waals surface area (Å²) in [4.78, 5) is 22.9. The molecule has 6 heteroatoms. The maximum atomic E-state index is 11.5. The van der Waals surface area contributed by atoms with Crippen molar-refractivity contribution in [1.29, 1.82) is 0 Å². The van der Waals surface area contributed by atoms with Crippen molar-refractivity contribution in [3.63, 3.8) is 0 Å². The van der Waals surface area contributed by atoms with Gasteiger partial charge in [-0.25, -0.2) is 0 Å². The van der Waals surface area contributed by atoms with Gasteiger partial charge in [0.15, 0.2) is 6.29 Å². The number of hydrogen-bond acceptors (Lipinski definition) is 6. The Labute approximate surface area is 124 Å². The molecular formula is C15H22O6. The highest BCUT2D eigenvalue weighted by atomic mass is 16.8. The minimum Gasteiger partial charge on any atom is -0.435 e. The molecule has 4 fully saturated rings. The normalized spacial score (nSPS) is 47.8. The SMILES string of the molecule is CC(=O)O[C@@H]1O[C@H]2C[C@@]3(C)C1[C@](OC(C)=O)(CC[C@H]3C)O2. The van der Waals surface area contributed by atoms with Crippen molar-refractivity contribution in [2.45, 2.75) is 65.3 Å². The zero-order valence-electron chi connectivity index (χ0n) is 12.9. The van der Waals surface area contributed by atoms with Gasteiger partial charge in [-0.05, 0) is 17.8 Å². The largest absolute Gasteiger partial charge is 0.435 e. The van der Waals surface area contributed by atoms with Crippen LogP contribution in [0.5, 0.6) is 0 Å². The minimum absolute atomic E-state index is 0.144. The van der Waals surface area contributed by atoms with Crippen LogP contribution in [0.25, 0.3) is 0 Å². The van der Waals surface area contributed by atoms with E-state index >= 15 is 0 Å². The summed E-state index contributed by atoms with van der Waals surface area (Å²) < 4.78 is 22.5. The highest BCUT2D eigenvalue weighted by Crippen LogP contribution is 2.63. The van der Waals surface area contributed by atoms with Crippen LogP contribution in [0.4, 0.5) is 0 Å². The van der Waals surface area contributed by atoms with Gasteiger partial charge in [0.25, 0.3) is 0 Å². The average molecular weight is 298 g/mol. The van der Waals surface area contributed by atoms with Crippen LogP contribution in [-0.4, -0.2) is 30.3 Å². The summed E-state index contributed by atoms with van der Waals surface area (Å²) in [7, 11) is 0. The van der Waals surface area contributed by atoms with Crippen molar-refractivity contribution in [3.8, 4) is 0 Å². The van der Waals surface area contributed by atoms with E-state index in [2.05, 4.69) is 13.8 Å². The summed E-state index contributed by atoms with van der Waals surface area (Å²) in [6, 6.07) is 0. The molecule has 6 nitrogen and oxygen atoms in total. The molecule has 3 aliphatic heterocycles. The van der Waals surface area contributed by atoms with Crippen LogP contribution in [-0.2, 0) is 28.5 Å². The van der Waals surface area contributed by atoms with Crippen molar-refractivity contribution in [2.75, 3.05) is 0 Å². The molecule has 0 spiro atoms. The van der Waals surface area contributed by atoms with Crippen LogP contribution >= 0.6 is 0 Å². The monoisotopic (exact) mass is 298 g/mol. The molecule has 4 aliphatic rings. The van der Waals surface area contributed by atoms with E-state index < -0.39 is 24.3 Å². The summed E-state index contributed by atoms with van der Waals surface area (Å²) in [6.45, 7) is 7.06. The van der Waals surface area contributed by atoms with Crippen LogP contribution in [0.15, 0.2) is 0 Å². The number of rotatable bonds is 2. The molecule has 1 unspecified atom stereocenters. The van der Waals surface area contributed by atoms with Gasteiger partial charge in [-0.1, -0.05) is 13.8 Å². The third-order valence-corrected chi connectivity index (χ3v) is 5.33. The summed E-state index contributed by atoms with van der Waals surface area (Å²) in [6.07, 6.45) is 0.999. The minimum atomic E-state index is -1.03. The van der Waals surface area contributed by atoms with E-state index in [0.29, 0.717) is 12.3 Å². The predicted octanol–water partition coefficient (Wildman–Crippen LogP) is 1.96. The number of fused-ring (bicyclic) bond motifs is 1. The second kappa shape index (κ2) is 4.68. The third-order valence-electron chi connectivity index (χ3n) is 5.33. The Morgan fingerprint density at radius 2 is 1.95 bits per heavy atom. The lowest BCUT2D eigenvalue weighted by Gasteiger charge is -2.64. The molecule has 1 saturated carbocycles. The van der Waals surface area contributed by atoms with Crippen molar-refractivity contribution in [3.05, 3.63) is 0 Å². The standard InChI is InChI=1S/C15H22O6/c1-8-5-6-15(20-10(3)17)12-13(18-9(2)16)19-11(21-15)7-14(8,12)4/h8,11-13H,5-7H2,1-4H3/t8-,11-,12?,13-,14-,15+/m1/s1. The molecule has 4 rings (SSSR count). The van der Waals surface area contributed by atoms with Gasteiger partial charge in [0, 0.05) is 26.7 Å². The van der Waals surface area contributed by atoms with Crippen LogP contribution < -0.4 is 0 Å². The predicted molar refractivity (Wildman–Crippen MR) is 70.6 cm³/mol. The second-order valence-corrected chi connectivity index (χ2v) is 6.69. The smallest absolute Gasteiger partial charge is 0.305 e. The van der Waals surface area contributed by atoms with Crippen molar-refractivity contribution in [2.24, 2.45) is 17.3 Å². The lowest BCUT2D eigenvalue weighted by Crippen LogP contribution is -2.71. The molecule has 4 bridgehead atoms. The second-order valence-electron chi connectivity index (χ2n) is 6.69. The van der Waals surface area contributed by atoms with Crippen LogP contribution in [0.2, 0.25) is 0 Å². The fourth-order valence-corrected chi connectivity index (χ4v) is 4.26. The summed E-state index contributed by atoms with van der Waals surface area (Å²) >= 11 is 0. The molecule has 0 N–H and O–H groups in total. The maximum absolute atomic E-state index is 11.5. The molecule has 1 aliphatic carbocycles. The molecule has 0 amide bonds. The molecular weight excluding hydrogens is 276 g/mol. The van der Waals surface area contributed by atoms with Crippen LogP contribution in [0.1, 0.15) is 47.0 Å². The summed E-state index contributed by atoms with van der Waals surface area (Å²) in [5.74, 6) is -1.71. The lowest BCUT2D eigenvalue weighted by molar-refractivity contribution is -0.473. The zero-order chi connectivity index (χ0) is 15.4. The van der Waals surface area contributed by atoms with Crippen molar-refractivity contribution < 1.29 is 28.5 Å². The van der Waals surface area contributed by atoms with Crippen molar-refractivity contribution in [1.82, 2.24) is 0 Å². The highest BCUT2D eigenvalue weighted by molar-refractivity contribution is 5.67. The highest BCUT2D eigenvalue weighted by Gasteiger charge is 2.69. The van der Waals surface area contributed by atoms with E-state index in [1.54, 1.807) is 0 Å². The van der Waals surface area contributed by atoms with Crippen molar-refractivity contribution >= 4 is 11.9 Å². The zero-order valence-corrected chi connectivity index (χ0v) is 12.9. The van der Waals surface area contributed by atoms with E-state index in [1.165, 1.54) is 13.8 Å². The van der Waals surface area contributed by atoms with Gasteiger partial charge in [0.2, 0.25) is 12.1 Å². The lowest BCUT2D eigenvalue weighted by atomic mass is 9.55. The Hall–Kier alpha value is -1.14. The number of esters is 2. The van der Waals surface area contributed by atoms with Crippen LogP contribution in [0, 0.1) is 17.3 Å². The topological polar surface area (TPSA) is 71.1 Å². The molecule has 0 aromatic carbocycles. The number of ether oxygens (including phenoxy) is 4. The Morgan fingerprint density at radius 1 is 1.24 bits per heavy atom. The first-order valence-corrected chi connectivity index (χ1v) is 7.47. The Kier molecular flexibility index (Phi) is 3.29. The fourth-order valence-electron chi connectivity index (χ4n) is 4.26. The molecule has 3 heterocycles. The van der Waals surface area contributed by atoms with Gasteiger partial charge < -0.3 is 18.9 Å². The Bertz CT molecular complexity index is 477. The summed E-state index contributed by atoms with van der Waals surface area (Å²) in [5, 5.41) is 0. The quantitative estimate of drug-likeness (QED) is 0.726. The first kappa shape index (κ1) is 14.8. The molecule has 118 valence electrons. The van der Waals surface area contributed by atoms with Gasteiger partial charge in [-0.2, -0.15) is 0 Å². The Morgan fingerprint density at radius 3 is 2.57 bits per heavy atom.